The van der Waals surface area contributed by atoms with Crippen LogP contribution in [0.2, 0.25) is 0 Å². The van der Waals surface area contributed by atoms with Gasteiger partial charge in [0.1, 0.15) is 0 Å². The Morgan fingerprint density at radius 3 is 2.38 bits per heavy atom. The van der Waals surface area contributed by atoms with Gasteiger partial charge in [-0.1, -0.05) is 17.7 Å². The first kappa shape index (κ1) is 18.2. The van der Waals surface area contributed by atoms with Crippen molar-refractivity contribution in [2.45, 2.75) is 37.5 Å². The molecule has 6 nitrogen and oxygen atoms in total. The van der Waals surface area contributed by atoms with Gasteiger partial charge in [-0.25, -0.2) is 0 Å². The third-order valence-electron chi connectivity index (χ3n) is 3.99. The van der Waals surface area contributed by atoms with Crippen LogP contribution in [0.15, 0.2) is 52.1 Å². The van der Waals surface area contributed by atoms with E-state index in [-0.39, 0.29) is 10.8 Å². The predicted octanol–water partition coefficient (Wildman–Crippen LogP) is 2.07. The monoisotopic (exact) mass is 350 g/mol. The number of carbonyl (C=O) groups is 1. The van der Waals surface area contributed by atoms with Crippen LogP contribution in [0.1, 0.15) is 31.2 Å². The van der Waals surface area contributed by atoms with Crippen molar-refractivity contribution in [3.8, 4) is 0 Å². The largest absolute Gasteiger partial charge is 0.384 e. The van der Waals surface area contributed by atoms with Crippen molar-refractivity contribution in [1.29, 1.82) is 0 Å². The SMILES string of the molecule is Cc1ccc(S(=O)(=O)O)cc1.NC(=O)C1=CC2=C(CCCC2)NC1. The predicted molar refractivity (Wildman–Crippen MR) is 91.8 cm³/mol. The van der Waals surface area contributed by atoms with Gasteiger partial charge in [-0.15, -0.1) is 0 Å². The van der Waals surface area contributed by atoms with Crippen molar-refractivity contribution >= 4 is 16.0 Å². The van der Waals surface area contributed by atoms with E-state index in [1.54, 1.807) is 12.1 Å². The van der Waals surface area contributed by atoms with Crippen LogP contribution in [0.4, 0.5) is 0 Å². The standard InChI is InChI=1S/C10H14N2O.C7H8O3S/c11-10(13)8-5-7-3-1-2-4-9(7)12-6-8;1-6-2-4-7(5-3-6)11(8,9)10/h5,12H,1-4,6H2,(H2,11,13);2-5H,1H3,(H,8,9,10). The molecule has 0 saturated heterocycles. The summed E-state index contributed by atoms with van der Waals surface area (Å²) in [6.45, 7) is 2.45. The van der Waals surface area contributed by atoms with Crippen LogP contribution in [0.3, 0.4) is 0 Å². The highest BCUT2D eigenvalue weighted by Crippen LogP contribution is 2.27. The van der Waals surface area contributed by atoms with Gasteiger partial charge in [-0.2, -0.15) is 8.42 Å². The normalized spacial score (nSPS) is 17.0. The van der Waals surface area contributed by atoms with E-state index in [0.717, 1.165) is 18.4 Å². The van der Waals surface area contributed by atoms with Gasteiger partial charge in [-0.05, 0) is 56.4 Å². The van der Waals surface area contributed by atoms with E-state index in [1.807, 2.05) is 13.0 Å². The van der Waals surface area contributed by atoms with E-state index in [4.69, 9.17) is 10.3 Å². The molecule has 0 saturated carbocycles. The summed E-state index contributed by atoms with van der Waals surface area (Å²) in [5, 5.41) is 3.26. The number of benzene rings is 1. The molecule has 0 unspecified atom stereocenters. The maximum absolute atomic E-state index is 10.9. The lowest BCUT2D eigenvalue weighted by Gasteiger charge is -2.24. The third kappa shape index (κ3) is 4.94. The van der Waals surface area contributed by atoms with E-state index < -0.39 is 10.1 Å². The average Bonchev–Trinajstić information content (AvgIpc) is 2.54. The Labute approximate surface area is 142 Å². The van der Waals surface area contributed by atoms with E-state index >= 15 is 0 Å². The minimum Gasteiger partial charge on any atom is -0.384 e. The lowest BCUT2D eigenvalue weighted by atomic mass is 9.92. The first-order valence-electron chi connectivity index (χ1n) is 7.78. The number of carbonyl (C=O) groups excluding carboxylic acids is 1. The van der Waals surface area contributed by atoms with Crippen LogP contribution < -0.4 is 11.1 Å². The summed E-state index contributed by atoms with van der Waals surface area (Å²) in [5.41, 5.74) is 9.48. The fraction of sp³-hybridized carbons (Fsp3) is 0.353. The van der Waals surface area contributed by atoms with E-state index in [1.165, 1.54) is 36.2 Å². The number of hydrogen-bond donors (Lipinski definition) is 3. The van der Waals surface area contributed by atoms with Gasteiger partial charge in [-0.3, -0.25) is 9.35 Å². The highest BCUT2D eigenvalue weighted by Gasteiger charge is 2.17. The Morgan fingerprint density at radius 1 is 1.17 bits per heavy atom. The van der Waals surface area contributed by atoms with Crippen LogP contribution >= 0.6 is 0 Å². The summed E-state index contributed by atoms with van der Waals surface area (Å²) in [6.07, 6.45) is 6.65. The van der Waals surface area contributed by atoms with E-state index in [0.29, 0.717) is 12.1 Å². The molecule has 2 aliphatic rings. The number of nitrogens with one attached hydrogen (secondary N) is 1. The number of aryl methyl sites for hydroxylation is 1. The van der Waals surface area contributed by atoms with Gasteiger partial charge >= 0.3 is 0 Å². The van der Waals surface area contributed by atoms with Crippen molar-refractivity contribution in [1.82, 2.24) is 5.32 Å². The fourth-order valence-electron chi connectivity index (χ4n) is 2.62. The van der Waals surface area contributed by atoms with Crippen molar-refractivity contribution in [3.63, 3.8) is 0 Å². The Hall–Kier alpha value is -2.12. The summed E-state index contributed by atoms with van der Waals surface area (Å²) >= 11 is 0. The molecule has 1 heterocycles. The summed E-state index contributed by atoms with van der Waals surface area (Å²) in [5.74, 6) is -0.301. The van der Waals surface area contributed by atoms with Crippen molar-refractivity contribution in [3.05, 3.63) is 52.7 Å². The Kier molecular flexibility index (Phi) is 5.80. The van der Waals surface area contributed by atoms with Gasteiger partial charge in [0.05, 0.1) is 4.90 Å². The average molecular weight is 350 g/mol. The molecule has 4 N–H and O–H groups in total. The molecule has 1 amide bonds. The molecule has 0 radical (unpaired) electrons. The number of hydrogen-bond acceptors (Lipinski definition) is 4. The first-order valence-corrected chi connectivity index (χ1v) is 9.22. The number of primary amides is 1. The molecule has 1 aromatic rings. The Morgan fingerprint density at radius 2 is 1.79 bits per heavy atom. The molecule has 24 heavy (non-hydrogen) atoms. The maximum atomic E-state index is 10.9. The smallest absolute Gasteiger partial charge is 0.294 e. The topological polar surface area (TPSA) is 109 Å². The molecule has 7 heteroatoms. The lowest BCUT2D eigenvalue weighted by molar-refractivity contribution is -0.114. The van der Waals surface area contributed by atoms with Crippen LogP contribution in [-0.2, 0) is 14.9 Å². The summed E-state index contributed by atoms with van der Waals surface area (Å²) in [7, 11) is -4.02. The fourth-order valence-corrected chi connectivity index (χ4v) is 3.10. The van der Waals surface area contributed by atoms with E-state index in [9.17, 15) is 13.2 Å². The molecule has 0 atom stereocenters. The van der Waals surface area contributed by atoms with Crippen LogP contribution in [0, 0.1) is 6.92 Å². The second-order valence-corrected chi connectivity index (χ2v) is 7.31. The number of nitrogens with two attached hydrogens (primary N) is 1. The van der Waals surface area contributed by atoms with Gasteiger partial charge in [0.15, 0.2) is 0 Å². The van der Waals surface area contributed by atoms with Gasteiger partial charge in [0.25, 0.3) is 10.1 Å². The van der Waals surface area contributed by atoms with Gasteiger partial charge in [0, 0.05) is 17.8 Å². The van der Waals surface area contributed by atoms with Crippen LogP contribution in [-0.4, -0.2) is 25.4 Å². The second kappa shape index (κ2) is 7.63. The van der Waals surface area contributed by atoms with Crippen molar-refractivity contribution in [2.75, 3.05) is 6.54 Å². The quantitative estimate of drug-likeness (QED) is 0.707. The molecule has 0 aromatic heterocycles. The van der Waals surface area contributed by atoms with Crippen LogP contribution in [0.25, 0.3) is 0 Å². The number of rotatable bonds is 2. The Balaban J connectivity index is 0.000000177. The molecule has 3 rings (SSSR count). The zero-order valence-corrected chi connectivity index (χ0v) is 14.4. The third-order valence-corrected chi connectivity index (χ3v) is 4.85. The highest BCUT2D eigenvalue weighted by molar-refractivity contribution is 7.85. The second-order valence-electron chi connectivity index (χ2n) is 5.89. The van der Waals surface area contributed by atoms with Crippen LogP contribution in [0.5, 0.6) is 0 Å². The lowest BCUT2D eigenvalue weighted by Crippen LogP contribution is -2.29. The molecular formula is C17H22N2O4S. The zero-order chi connectivity index (χ0) is 17.7. The van der Waals surface area contributed by atoms with Gasteiger partial charge < -0.3 is 11.1 Å². The maximum Gasteiger partial charge on any atom is 0.294 e. The number of dihydropyridines is 1. The molecule has 0 fully saturated rings. The van der Waals surface area contributed by atoms with E-state index in [2.05, 4.69) is 5.32 Å². The minimum absolute atomic E-state index is 0.0666. The first-order chi connectivity index (χ1) is 11.3. The summed E-state index contributed by atoms with van der Waals surface area (Å²) in [6, 6.07) is 5.99. The number of allylic oxidation sites excluding steroid dienone is 3. The summed E-state index contributed by atoms with van der Waals surface area (Å²) < 4.78 is 29.6. The molecule has 130 valence electrons. The highest BCUT2D eigenvalue weighted by atomic mass is 32.2. The Bertz CT molecular complexity index is 777. The zero-order valence-electron chi connectivity index (χ0n) is 13.6. The van der Waals surface area contributed by atoms with Gasteiger partial charge in [0.2, 0.25) is 5.91 Å². The molecule has 1 aliphatic heterocycles. The molecule has 1 aromatic carbocycles. The number of amides is 1. The van der Waals surface area contributed by atoms with Crippen molar-refractivity contribution < 1.29 is 17.8 Å². The molecule has 1 aliphatic carbocycles. The molecule has 0 bridgehead atoms. The summed E-state index contributed by atoms with van der Waals surface area (Å²) in [4.78, 5) is 10.9. The molecule has 0 spiro atoms. The minimum atomic E-state index is -4.02. The molecular weight excluding hydrogens is 328 g/mol. The van der Waals surface area contributed by atoms with Crippen molar-refractivity contribution in [2.24, 2.45) is 5.73 Å².